The number of carbonyl (C=O) groups is 3. The van der Waals surface area contributed by atoms with Gasteiger partial charge in [-0.2, -0.15) is 0 Å². The smallest absolute Gasteiger partial charge is 0.306 e. The number of nitrogens with zero attached hydrogens (tertiary/aromatic N) is 1. The molecule has 1 aromatic carbocycles. The number of methoxy groups -OCH3 is 1. The zero-order valence-corrected chi connectivity index (χ0v) is 15.9. The number of nitrogens with one attached hydrogen (secondary N) is 2. The van der Waals surface area contributed by atoms with E-state index in [4.69, 9.17) is 21.7 Å². The lowest BCUT2D eigenvalue weighted by Crippen LogP contribution is -2.34. The first kappa shape index (κ1) is 21.5. The van der Waals surface area contributed by atoms with Crippen molar-refractivity contribution >= 4 is 40.8 Å². The summed E-state index contributed by atoms with van der Waals surface area (Å²) in [5.74, 6) is -0.979. The van der Waals surface area contributed by atoms with Crippen LogP contribution in [0.1, 0.15) is 23.2 Å². The van der Waals surface area contributed by atoms with Gasteiger partial charge in [-0.1, -0.05) is 0 Å². The van der Waals surface area contributed by atoms with Gasteiger partial charge >= 0.3 is 5.97 Å². The highest BCUT2D eigenvalue weighted by Gasteiger charge is 2.10. The van der Waals surface area contributed by atoms with Crippen LogP contribution in [0.4, 0.5) is 5.69 Å². The molecule has 1 aromatic rings. The van der Waals surface area contributed by atoms with Gasteiger partial charge in [0, 0.05) is 38.9 Å². The molecule has 0 aliphatic heterocycles. The van der Waals surface area contributed by atoms with Gasteiger partial charge in [0.05, 0.1) is 13.0 Å². The number of esters is 1. The SMILES string of the molecule is COCCOC(=O)CCC(=O)NC(=S)Nc1ccc(C(=O)N(C)C)cc1. The molecule has 0 unspecified atom stereocenters. The zero-order valence-electron chi connectivity index (χ0n) is 15.0. The Kier molecular flexibility index (Phi) is 9.24. The van der Waals surface area contributed by atoms with E-state index in [9.17, 15) is 14.4 Å². The predicted octanol–water partition coefficient (Wildman–Crippen LogP) is 1.17. The summed E-state index contributed by atoms with van der Waals surface area (Å²) in [6, 6.07) is 6.68. The molecule has 0 saturated carbocycles. The van der Waals surface area contributed by atoms with Crippen molar-refractivity contribution in [2.24, 2.45) is 0 Å². The first-order valence-corrected chi connectivity index (χ1v) is 8.31. The van der Waals surface area contributed by atoms with Crippen LogP contribution < -0.4 is 10.6 Å². The van der Waals surface area contributed by atoms with E-state index < -0.39 is 11.9 Å². The summed E-state index contributed by atoms with van der Waals surface area (Å²) >= 11 is 5.05. The molecule has 0 aliphatic carbocycles. The minimum atomic E-state index is -0.475. The number of amides is 2. The summed E-state index contributed by atoms with van der Waals surface area (Å²) in [6.07, 6.45) is -0.0799. The van der Waals surface area contributed by atoms with Crippen molar-refractivity contribution in [1.82, 2.24) is 10.2 Å². The maximum absolute atomic E-state index is 11.8. The van der Waals surface area contributed by atoms with Crippen molar-refractivity contribution in [3.63, 3.8) is 0 Å². The molecule has 0 fully saturated rings. The molecule has 142 valence electrons. The van der Waals surface area contributed by atoms with Crippen LogP contribution in [0.2, 0.25) is 0 Å². The molecule has 0 bridgehead atoms. The van der Waals surface area contributed by atoms with Crippen LogP contribution in [-0.2, 0) is 19.1 Å². The average Bonchev–Trinajstić information content (AvgIpc) is 2.60. The van der Waals surface area contributed by atoms with Gasteiger partial charge in [0.1, 0.15) is 6.61 Å². The van der Waals surface area contributed by atoms with Crippen LogP contribution in [0.25, 0.3) is 0 Å². The summed E-state index contributed by atoms with van der Waals surface area (Å²) in [7, 11) is 4.85. The van der Waals surface area contributed by atoms with Crippen molar-refractivity contribution in [2.75, 3.05) is 39.7 Å². The Morgan fingerprint density at radius 2 is 1.73 bits per heavy atom. The van der Waals surface area contributed by atoms with Crippen LogP contribution in [0.5, 0.6) is 0 Å². The second-order valence-corrected chi connectivity index (χ2v) is 5.90. The third-order valence-electron chi connectivity index (χ3n) is 3.16. The van der Waals surface area contributed by atoms with Gasteiger partial charge in [-0.05, 0) is 36.5 Å². The van der Waals surface area contributed by atoms with Gasteiger partial charge in [0.15, 0.2) is 5.11 Å². The highest BCUT2D eigenvalue weighted by Crippen LogP contribution is 2.10. The molecule has 0 atom stereocenters. The monoisotopic (exact) mass is 381 g/mol. The number of rotatable bonds is 8. The molecule has 0 aliphatic rings. The van der Waals surface area contributed by atoms with Gasteiger partial charge in [-0.15, -0.1) is 0 Å². The minimum Gasteiger partial charge on any atom is -0.463 e. The fourth-order valence-corrected chi connectivity index (χ4v) is 2.06. The number of hydrogen-bond donors (Lipinski definition) is 2. The molecule has 9 heteroatoms. The Balaban J connectivity index is 2.38. The molecule has 8 nitrogen and oxygen atoms in total. The second kappa shape index (κ2) is 11.2. The van der Waals surface area contributed by atoms with E-state index in [2.05, 4.69) is 10.6 Å². The molecule has 2 N–H and O–H groups in total. The number of ether oxygens (including phenoxy) is 2. The van der Waals surface area contributed by atoms with Crippen molar-refractivity contribution in [2.45, 2.75) is 12.8 Å². The maximum Gasteiger partial charge on any atom is 0.306 e. The van der Waals surface area contributed by atoms with E-state index in [1.165, 1.54) is 12.0 Å². The van der Waals surface area contributed by atoms with Gasteiger partial charge < -0.3 is 25.0 Å². The lowest BCUT2D eigenvalue weighted by atomic mass is 10.2. The summed E-state index contributed by atoms with van der Waals surface area (Å²) in [5, 5.41) is 5.43. The highest BCUT2D eigenvalue weighted by atomic mass is 32.1. The summed E-state index contributed by atoms with van der Waals surface area (Å²) < 4.78 is 9.61. The Labute approximate surface area is 157 Å². The Morgan fingerprint density at radius 3 is 2.31 bits per heavy atom. The molecule has 0 saturated heterocycles. The molecule has 26 heavy (non-hydrogen) atoms. The number of carbonyl (C=O) groups excluding carboxylic acids is 3. The van der Waals surface area contributed by atoms with Gasteiger partial charge in [-0.3, -0.25) is 14.4 Å². The Morgan fingerprint density at radius 1 is 1.08 bits per heavy atom. The number of benzene rings is 1. The normalized spacial score (nSPS) is 9.96. The standard InChI is InChI=1S/C17H23N3O5S/c1-20(2)16(23)12-4-6-13(7-5-12)18-17(26)19-14(21)8-9-15(22)25-11-10-24-3/h4-7H,8-11H2,1-3H3,(H2,18,19,21,26). The van der Waals surface area contributed by atoms with E-state index >= 15 is 0 Å². The topological polar surface area (TPSA) is 97.0 Å². The van der Waals surface area contributed by atoms with Crippen LogP contribution in [-0.4, -0.2) is 62.2 Å². The third kappa shape index (κ3) is 8.04. The zero-order chi connectivity index (χ0) is 19.5. The molecule has 2 amide bonds. The summed E-state index contributed by atoms with van der Waals surface area (Å²) in [4.78, 5) is 36.5. The predicted molar refractivity (Wildman–Crippen MR) is 101 cm³/mol. The second-order valence-electron chi connectivity index (χ2n) is 5.49. The van der Waals surface area contributed by atoms with E-state index in [1.54, 1.807) is 38.4 Å². The lowest BCUT2D eigenvalue weighted by molar-refractivity contribution is -0.146. The molecular formula is C17H23N3O5S. The van der Waals surface area contributed by atoms with Crippen molar-refractivity contribution in [3.05, 3.63) is 29.8 Å². The third-order valence-corrected chi connectivity index (χ3v) is 3.36. The molecule has 0 aromatic heterocycles. The van der Waals surface area contributed by atoms with Crippen LogP contribution in [0.15, 0.2) is 24.3 Å². The number of thiocarbonyl (C=S) groups is 1. The first-order valence-electron chi connectivity index (χ1n) is 7.90. The van der Waals surface area contributed by atoms with Crippen LogP contribution >= 0.6 is 12.2 Å². The highest BCUT2D eigenvalue weighted by molar-refractivity contribution is 7.80. The van der Waals surface area contributed by atoms with E-state index in [-0.39, 0.29) is 30.5 Å². The molecule has 0 radical (unpaired) electrons. The van der Waals surface area contributed by atoms with E-state index in [0.717, 1.165) is 0 Å². The molecule has 1 rings (SSSR count). The number of anilines is 1. The average molecular weight is 381 g/mol. The quantitative estimate of drug-likeness (QED) is 0.396. The summed E-state index contributed by atoms with van der Waals surface area (Å²) in [6.45, 7) is 0.466. The first-order chi connectivity index (χ1) is 12.3. The Hall–Kier alpha value is -2.52. The molecule has 0 heterocycles. The Bertz CT molecular complexity index is 646. The fourth-order valence-electron chi connectivity index (χ4n) is 1.83. The largest absolute Gasteiger partial charge is 0.463 e. The molecular weight excluding hydrogens is 358 g/mol. The number of hydrogen-bond acceptors (Lipinski definition) is 6. The van der Waals surface area contributed by atoms with Crippen molar-refractivity contribution < 1.29 is 23.9 Å². The van der Waals surface area contributed by atoms with E-state index in [0.29, 0.717) is 17.9 Å². The fraction of sp³-hybridized carbons (Fsp3) is 0.412. The maximum atomic E-state index is 11.8. The minimum absolute atomic E-state index is 0.0378. The van der Waals surface area contributed by atoms with Gasteiger partial charge in [0.2, 0.25) is 5.91 Å². The van der Waals surface area contributed by atoms with Crippen LogP contribution in [0, 0.1) is 0 Å². The van der Waals surface area contributed by atoms with E-state index in [1.807, 2.05) is 0 Å². The van der Waals surface area contributed by atoms with Gasteiger partial charge in [0.25, 0.3) is 5.91 Å². The van der Waals surface area contributed by atoms with Crippen LogP contribution in [0.3, 0.4) is 0 Å². The van der Waals surface area contributed by atoms with Crippen molar-refractivity contribution in [1.29, 1.82) is 0 Å². The van der Waals surface area contributed by atoms with Gasteiger partial charge in [-0.25, -0.2) is 0 Å². The lowest BCUT2D eigenvalue weighted by Gasteiger charge is -2.12. The van der Waals surface area contributed by atoms with Crippen molar-refractivity contribution in [3.8, 4) is 0 Å². The molecule has 0 spiro atoms. The summed E-state index contributed by atoms with van der Waals surface area (Å²) in [5.41, 5.74) is 1.17.